The van der Waals surface area contributed by atoms with Crippen LogP contribution in [-0.2, 0) is 16.3 Å². The molecular weight excluding hydrogens is 348 g/mol. The number of fused-ring (bicyclic) bond motifs is 1. The number of halogens is 4. The normalized spacial score (nSPS) is 19.5. The van der Waals surface area contributed by atoms with Gasteiger partial charge in [0.1, 0.15) is 17.3 Å². The van der Waals surface area contributed by atoms with E-state index in [9.17, 15) is 8.78 Å². The monoisotopic (exact) mass is 360 g/mol. The van der Waals surface area contributed by atoms with Crippen LogP contribution in [0.4, 0.5) is 17.6 Å². The zero-order valence-corrected chi connectivity index (χ0v) is 13.3. The van der Waals surface area contributed by atoms with Gasteiger partial charge in [0, 0.05) is 11.6 Å². The Balaban J connectivity index is 1.80. The number of benzene rings is 2. The van der Waals surface area contributed by atoms with E-state index in [-0.39, 0.29) is 5.52 Å². The Kier molecular flexibility index (Phi) is 3.59. The van der Waals surface area contributed by atoms with Gasteiger partial charge in [-0.1, -0.05) is 18.7 Å². The Hall–Kier alpha value is -2.80. The third-order valence-electron chi connectivity index (χ3n) is 4.43. The lowest BCUT2D eigenvalue weighted by molar-refractivity contribution is -0.0902. The van der Waals surface area contributed by atoms with E-state index < -0.39 is 41.0 Å². The highest BCUT2D eigenvalue weighted by molar-refractivity contribution is 5.77. The predicted molar refractivity (Wildman–Crippen MR) is 87.5 cm³/mol. The van der Waals surface area contributed by atoms with Crippen molar-refractivity contribution in [3.63, 3.8) is 0 Å². The van der Waals surface area contributed by atoms with E-state index in [1.807, 2.05) is 0 Å². The molecule has 1 aliphatic heterocycles. The van der Waals surface area contributed by atoms with Crippen molar-refractivity contribution in [1.29, 1.82) is 0 Å². The van der Waals surface area contributed by atoms with Crippen molar-refractivity contribution >= 4 is 17.1 Å². The number of hydrogen-bond donors (Lipinski definition) is 0. The zero-order valence-electron chi connectivity index (χ0n) is 13.3. The first-order chi connectivity index (χ1) is 12.4. The van der Waals surface area contributed by atoms with Crippen molar-refractivity contribution in [2.75, 3.05) is 6.61 Å². The second-order valence-corrected chi connectivity index (χ2v) is 6.02. The fourth-order valence-corrected chi connectivity index (χ4v) is 2.91. The lowest BCUT2D eigenvalue weighted by Crippen LogP contribution is -2.34. The number of rotatable bonds is 4. The van der Waals surface area contributed by atoms with Crippen LogP contribution in [0.1, 0.15) is 16.8 Å². The summed E-state index contributed by atoms with van der Waals surface area (Å²) in [6, 6.07) is 7.34. The summed E-state index contributed by atoms with van der Waals surface area (Å²) >= 11 is 0. The fraction of sp³-hybridized carbons (Fsp3) is 0.158. The van der Waals surface area contributed by atoms with Crippen molar-refractivity contribution in [1.82, 2.24) is 9.97 Å². The van der Waals surface area contributed by atoms with Gasteiger partial charge in [-0.25, -0.2) is 13.8 Å². The van der Waals surface area contributed by atoms with Crippen LogP contribution in [0.2, 0.25) is 0 Å². The van der Waals surface area contributed by atoms with Crippen LogP contribution < -0.4 is 0 Å². The topological polar surface area (TPSA) is 38.3 Å². The lowest BCUT2D eigenvalue weighted by Gasteiger charge is -2.24. The standard InChI is InChI=1S/C19H12F4N2O/c1-2-11-3-6-15-16(7-11)24-9-17(25-15)19(22,23)18(10-26-18)13-5-4-12(20)8-14(13)21/h2-9H,1,10H2. The molecular formula is C19H12F4N2O. The van der Waals surface area contributed by atoms with E-state index in [2.05, 4.69) is 16.5 Å². The van der Waals surface area contributed by atoms with Gasteiger partial charge in [0.05, 0.1) is 23.8 Å². The molecule has 1 aliphatic rings. The molecule has 0 spiro atoms. The van der Waals surface area contributed by atoms with Gasteiger partial charge in [0.2, 0.25) is 0 Å². The summed E-state index contributed by atoms with van der Waals surface area (Å²) in [6.45, 7) is 3.23. The van der Waals surface area contributed by atoms with Gasteiger partial charge in [-0.2, -0.15) is 8.78 Å². The Labute approximate surface area is 146 Å². The average Bonchev–Trinajstić information content (AvgIpc) is 3.43. The van der Waals surface area contributed by atoms with E-state index in [1.165, 1.54) is 0 Å². The van der Waals surface area contributed by atoms with Gasteiger partial charge < -0.3 is 4.74 Å². The van der Waals surface area contributed by atoms with Gasteiger partial charge in [0.25, 0.3) is 0 Å². The molecule has 0 N–H and O–H groups in total. The van der Waals surface area contributed by atoms with Crippen molar-refractivity contribution in [2.24, 2.45) is 0 Å². The summed E-state index contributed by atoms with van der Waals surface area (Å²) in [4.78, 5) is 8.01. The largest absolute Gasteiger partial charge is 0.357 e. The molecule has 7 heteroatoms. The summed E-state index contributed by atoms with van der Waals surface area (Å²) in [6.07, 6.45) is 2.55. The molecule has 1 atom stereocenters. The van der Waals surface area contributed by atoms with Gasteiger partial charge in [-0.3, -0.25) is 4.98 Å². The van der Waals surface area contributed by atoms with Gasteiger partial charge in [-0.05, 0) is 29.8 Å². The lowest BCUT2D eigenvalue weighted by atomic mass is 9.90. The van der Waals surface area contributed by atoms with Crippen molar-refractivity contribution < 1.29 is 22.3 Å². The first-order valence-electron chi connectivity index (χ1n) is 7.74. The highest BCUT2D eigenvalue weighted by Crippen LogP contribution is 2.56. The minimum Gasteiger partial charge on any atom is -0.357 e. The third-order valence-corrected chi connectivity index (χ3v) is 4.43. The summed E-state index contributed by atoms with van der Waals surface area (Å²) in [5.74, 6) is -5.59. The fourth-order valence-electron chi connectivity index (χ4n) is 2.91. The first-order valence-corrected chi connectivity index (χ1v) is 7.74. The summed E-state index contributed by atoms with van der Waals surface area (Å²) in [5, 5.41) is 0. The Bertz CT molecular complexity index is 1030. The molecule has 1 unspecified atom stereocenters. The number of ether oxygens (including phenoxy) is 1. The molecule has 132 valence electrons. The highest BCUT2D eigenvalue weighted by atomic mass is 19.3. The molecule has 2 heterocycles. The van der Waals surface area contributed by atoms with Gasteiger partial charge >= 0.3 is 5.92 Å². The molecule has 1 fully saturated rings. The SMILES string of the molecule is C=Cc1ccc2nc(C(F)(F)C3(c4ccc(F)cc4F)CO3)cnc2c1. The molecule has 3 nitrogen and oxygen atoms in total. The van der Waals surface area contributed by atoms with Crippen LogP contribution in [0.5, 0.6) is 0 Å². The molecule has 4 rings (SSSR count). The molecule has 0 amide bonds. The van der Waals surface area contributed by atoms with E-state index in [0.717, 1.165) is 23.9 Å². The maximum atomic E-state index is 15.1. The molecule has 0 aliphatic carbocycles. The predicted octanol–water partition coefficient (Wildman–Crippen LogP) is 4.57. The minimum atomic E-state index is -3.65. The van der Waals surface area contributed by atoms with Crippen LogP contribution in [0, 0.1) is 11.6 Å². The van der Waals surface area contributed by atoms with Crippen LogP contribution >= 0.6 is 0 Å². The van der Waals surface area contributed by atoms with Crippen molar-refractivity contribution in [2.45, 2.75) is 11.5 Å². The third kappa shape index (κ3) is 2.39. The Morgan fingerprint density at radius 1 is 1.12 bits per heavy atom. The first kappa shape index (κ1) is 16.7. The molecule has 1 aromatic heterocycles. The van der Waals surface area contributed by atoms with Crippen LogP contribution in [0.3, 0.4) is 0 Å². The summed E-state index contributed by atoms with van der Waals surface area (Å²) in [5.41, 5.74) is -1.79. The van der Waals surface area contributed by atoms with Crippen LogP contribution in [-0.4, -0.2) is 16.6 Å². The minimum absolute atomic E-state index is 0.267. The Morgan fingerprint density at radius 3 is 2.54 bits per heavy atom. The van der Waals surface area contributed by atoms with Gasteiger partial charge in [-0.15, -0.1) is 0 Å². The van der Waals surface area contributed by atoms with E-state index in [0.29, 0.717) is 11.6 Å². The quantitative estimate of drug-likeness (QED) is 0.505. The molecule has 0 saturated carbocycles. The van der Waals surface area contributed by atoms with Crippen molar-refractivity contribution in [3.05, 3.63) is 77.6 Å². The number of epoxide rings is 1. The second-order valence-electron chi connectivity index (χ2n) is 6.02. The maximum Gasteiger partial charge on any atom is 0.326 e. The molecule has 0 radical (unpaired) electrons. The second kappa shape index (κ2) is 5.60. The summed E-state index contributed by atoms with van der Waals surface area (Å²) in [7, 11) is 0. The Morgan fingerprint density at radius 2 is 1.88 bits per heavy atom. The number of nitrogens with zero attached hydrogens (tertiary/aromatic N) is 2. The van der Waals surface area contributed by atoms with E-state index in [1.54, 1.807) is 24.3 Å². The smallest absolute Gasteiger partial charge is 0.326 e. The molecule has 1 saturated heterocycles. The van der Waals surface area contributed by atoms with Crippen LogP contribution in [0.15, 0.2) is 49.2 Å². The zero-order chi connectivity index (χ0) is 18.5. The average molecular weight is 360 g/mol. The number of aromatic nitrogens is 2. The molecule has 0 bridgehead atoms. The van der Waals surface area contributed by atoms with Gasteiger partial charge in [0.15, 0.2) is 5.60 Å². The molecule has 26 heavy (non-hydrogen) atoms. The molecule has 2 aromatic carbocycles. The van der Waals surface area contributed by atoms with E-state index in [4.69, 9.17) is 4.74 Å². The number of alkyl halides is 2. The van der Waals surface area contributed by atoms with E-state index >= 15 is 8.78 Å². The number of hydrogen-bond acceptors (Lipinski definition) is 3. The van der Waals surface area contributed by atoms with Crippen molar-refractivity contribution in [3.8, 4) is 0 Å². The van der Waals surface area contributed by atoms with Crippen LogP contribution in [0.25, 0.3) is 17.1 Å². The highest BCUT2D eigenvalue weighted by Gasteiger charge is 2.68. The molecule has 3 aromatic rings. The summed E-state index contributed by atoms with van der Waals surface area (Å²) < 4.78 is 62.4. The maximum absolute atomic E-state index is 15.1.